The summed E-state index contributed by atoms with van der Waals surface area (Å²) >= 11 is 0. The fraction of sp³-hybridized carbons (Fsp3) is 1.00. The van der Waals surface area contributed by atoms with E-state index in [0.29, 0.717) is 0 Å². The van der Waals surface area contributed by atoms with Crippen molar-refractivity contribution in [2.45, 2.75) is 41.3 Å². The summed E-state index contributed by atoms with van der Waals surface area (Å²) in [6.07, 6.45) is 0. The van der Waals surface area contributed by atoms with Gasteiger partial charge >= 0.3 is 28.7 Å². The van der Waals surface area contributed by atoms with Crippen molar-refractivity contribution in [3.8, 4) is 0 Å². The average molecular weight is 357 g/mol. The predicted octanol–water partition coefficient (Wildman–Crippen LogP) is 2.48. The van der Waals surface area contributed by atoms with Crippen LogP contribution in [0.25, 0.3) is 0 Å². The quantitative estimate of drug-likeness (QED) is 0.535. The molecular formula is C7H3F10O3S-. The molecule has 0 aromatic rings. The highest BCUT2D eigenvalue weighted by molar-refractivity contribution is 7.87. The van der Waals surface area contributed by atoms with E-state index < -0.39 is 51.4 Å². The zero-order valence-electron chi connectivity index (χ0n) is 9.41. The summed E-state index contributed by atoms with van der Waals surface area (Å²) in [5.41, 5.74) is -6.05. The first-order valence-electron chi connectivity index (χ1n) is 4.59. The first kappa shape index (κ1) is 18.3. The molecule has 0 saturated heterocycles. The molecule has 3 nitrogen and oxygen atoms in total. The maximum absolute atomic E-state index is 13.4. The molecule has 0 amide bonds. The van der Waals surface area contributed by atoms with E-state index in [0.717, 1.165) is 0 Å². The van der Waals surface area contributed by atoms with Crippen molar-refractivity contribution < 1.29 is 56.9 Å². The standard InChI is InChI=1S/C7H4F10O3S/c1-2(8)3(9,10)5(13,14)7(17,21(18,19)20)6(15,16)4(2,11)12/h1H3,(H,18,19,20)/p-1. The molecule has 0 aromatic heterocycles. The molecule has 1 aliphatic carbocycles. The van der Waals surface area contributed by atoms with E-state index in [1.807, 2.05) is 0 Å². The first-order valence-corrected chi connectivity index (χ1v) is 6.00. The van der Waals surface area contributed by atoms with Gasteiger partial charge in [-0.15, -0.1) is 0 Å². The van der Waals surface area contributed by atoms with E-state index in [1.165, 1.54) is 0 Å². The van der Waals surface area contributed by atoms with E-state index in [-0.39, 0.29) is 0 Å². The summed E-state index contributed by atoms with van der Waals surface area (Å²) in [5.74, 6) is -28.4. The second kappa shape index (κ2) is 3.75. The van der Waals surface area contributed by atoms with Gasteiger partial charge in [0.25, 0.3) is 0 Å². The molecule has 0 spiro atoms. The maximum atomic E-state index is 13.4. The second-order valence-corrected chi connectivity index (χ2v) is 5.82. The van der Waals surface area contributed by atoms with Crippen LogP contribution in [0.1, 0.15) is 6.92 Å². The molecule has 1 saturated carbocycles. The molecule has 14 heteroatoms. The predicted molar refractivity (Wildman–Crippen MR) is 42.8 cm³/mol. The van der Waals surface area contributed by atoms with Gasteiger partial charge in [-0.2, -0.15) is 35.1 Å². The van der Waals surface area contributed by atoms with Gasteiger partial charge in [0.05, 0.1) is 0 Å². The van der Waals surface area contributed by atoms with Crippen LogP contribution in [0.3, 0.4) is 0 Å². The van der Waals surface area contributed by atoms with Gasteiger partial charge in [0.2, 0.25) is 5.67 Å². The molecule has 0 aromatic carbocycles. The molecule has 1 aliphatic rings. The summed E-state index contributed by atoms with van der Waals surface area (Å²) in [7, 11) is -7.78. The molecule has 0 aliphatic heterocycles. The number of hydrogen-bond acceptors (Lipinski definition) is 3. The molecule has 0 bridgehead atoms. The molecular weight excluding hydrogens is 354 g/mol. The van der Waals surface area contributed by atoms with Crippen LogP contribution in [0, 0.1) is 0 Å². The third-order valence-electron chi connectivity index (χ3n) is 3.12. The third-order valence-corrected chi connectivity index (χ3v) is 4.32. The van der Waals surface area contributed by atoms with Gasteiger partial charge in [-0.25, -0.2) is 17.2 Å². The Morgan fingerprint density at radius 1 is 0.667 bits per heavy atom. The van der Waals surface area contributed by atoms with E-state index in [4.69, 9.17) is 0 Å². The van der Waals surface area contributed by atoms with Gasteiger partial charge in [-0.05, 0) is 6.92 Å². The van der Waals surface area contributed by atoms with Gasteiger partial charge in [-0.1, -0.05) is 0 Å². The van der Waals surface area contributed by atoms with Crippen LogP contribution in [-0.4, -0.2) is 47.3 Å². The van der Waals surface area contributed by atoms with E-state index in [9.17, 15) is 56.9 Å². The van der Waals surface area contributed by atoms with Gasteiger partial charge in [-0.3, -0.25) is 0 Å². The minimum absolute atomic E-state index is 1.09. The van der Waals surface area contributed by atoms with Crippen molar-refractivity contribution in [2.75, 3.05) is 0 Å². The molecule has 0 N–H and O–H groups in total. The zero-order chi connectivity index (χ0) is 17.5. The van der Waals surface area contributed by atoms with Crippen LogP contribution < -0.4 is 0 Å². The average Bonchev–Trinajstić information content (AvgIpc) is 2.23. The smallest absolute Gasteiger partial charge is 0.366 e. The molecule has 21 heavy (non-hydrogen) atoms. The van der Waals surface area contributed by atoms with Gasteiger partial charge in [0, 0.05) is 0 Å². The zero-order valence-corrected chi connectivity index (χ0v) is 10.2. The largest absolute Gasteiger partial charge is 0.745 e. The maximum Gasteiger partial charge on any atom is 0.366 e. The Hall–Kier alpha value is -0.790. The Bertz CT molecular complexity index is 535. The summed E-state index contributed by atoms with van der Waals surface area (Å²) < 4.78 is 162. The van der Waals surface area contributed by atoms with Crippen LogP contribution in [0.2, 0.25) is 0 Å². The molecule has 0 atom stereocenters. The van der Waals surface area contributed by atoms with Crippen molar-refractivity contribution >= 4 is 10.1 Å². The molecule has 126 valence electrons. The Labute approximate surface area is 109 Å². The molecule has 1 rings (SSSR count). The topological polar surface area (TPSA) is 57.2 Å². The fourth-order valence-corrected chi connectivity index (χ4v) is 2.59. The lowest BCUT2D eigenvalue weighted by molar-refractivity contribution is -0.439. The first-order chi connectivity index (χ1) is 8.75. The lowest BCUT2D eigenvalue weighted by Crippen LogP contribution is -2.85. The molecule has 0 unspecified atom stereocenters. The van der Waals surface area contributed by atoms with E-state index in [1.54, 1.807) is 0 Å². The van der Waals surface area contributed by atoms with Crippen molar-refractivity contribution in [3.63, 3.8) is 0 Å². The lowest BCUT2D eigenvalue weighted by Gasteiger charge is -2.54. The van der Waals surface area contributed by atoms with Crippen molar-refractivity contribution in [2.24, 2.45) is 0 Å². The van der Waals surface area contributed by atoms with Gasteiger partial charge in [0.15, 0.2) is 0 Å². The van der Waals surface area contributed by atoms with Crippen LogP contribution in [-0.2, 0) is 10.1 Å². The van der Waals surface area contributed by atoms with E-state index >= 15 is 0 Å². The summed E-state index contributed by atoms with van der Waals surface area (Å²) in [4.78, 5) is 0. The highest BCUT2D eigenvalue weighted by Gasteiger charge is 3.00. The number of alkyl halides is 10. The van der Waals surface area contributed by atoms with Crippen LogP contribution in [0.5, 0.6) is 0 Å². The Balaban J connectivity index is 4.02. The lowest BCUT2D eigenvalue weighted by atomic mass is 9.74. The Morgan fingerprint density at radius 3 is 1.10 bits per heavy atom. The minimum Gasteiger partial charge on any atom is -0.745 e. The second-order valence-electron chi connectivity index (χ2n) is 4.35. The highest BCUT2D eigenvalue weighted by Crippen LogP contribution is 2.69. The van der Waals surface area contributed by atoms with Crippen molar-refractivity contribution in [3.05, 3.63) is 0 Å². The Kier molecular flexibility index (Phi) is 3.26. The Morgan fingerprint density at radius 2 is 0.905 bits per heavy atom. The van der Waals surface area contributed by atoms with Crippen LogP contribution >= 0.6 is 0 Å². The van der Waals surface area contributed by atoms with Gasteiger partial charge < -0.3 is 4.55 Å². The third kappa shape index (κ3) is 1.47. The van der Waals surface area contributed by atoms with Crippen LogP contribution in [0.4, 0.5) is 43.9 Å². The van der Waals surface area contributed by atoms with Gasteiger partial charge in [0.1, 0.15) is 10.1 Å². The molecule has 0 radical (unpaired) electrons. The number of hydrogen-bond donors (Lipinski definition) is 0. The monoisotopic (exact) mass is 357 g/mol. The molecule has 1 fully saturated rings. The summed E-state index contributed by atoms with van der Waals surface area (Å²) in [6.45, 7) is -1.09. The highest BCUT2D eigenvalue weighted by atomic mass is 32.2. The summed E-state index contributed by atoms with van der Waals surface area (Å²) in [5, 5.41) is -7.26. The van der Waals surface area contributed by atoms with Crippen LogP contribution in [0.15, 0.2) is 0 Å². The fourth-order valence-electron chi connectivity index (χ4n) is 1.70. The summed E-state index contributed by atoms with van der Waals surface area (Å²) in [6, 6.07) is 0. The van der Waals surface area contributed by atoms with Crippen molar-refractivity contribution in [1.82, 2.24) is 0 Å². The molecule has 0 heterocycles. The van der Waals surface area contributed by atoms with E-state index in [2.05, 4.69) is 0 Å². The van der Waals surface area contributed by atoms with Crippen molar-refractivity contribution in [1.29, 1.82) is 0 Å². The number of halogens is 10. The normalized spacial score (nSPS) is 40.8. The minimum atomic E-state index is -7.78. The number of rotatable bonds is 1. The SMILES string of the molecule is CC1(F)C(F)(F)C(F)(F)C(F)(S(=O)(=O)[O-])C(F)(F)C1(F)F.